The van der Waals surface area contributed by atoms with Crippen molar-refractivity contribution in [1.82, 2.24) is 5.32 Å². The predicted octanol–water partition coefficient (Wildman–Crippen LogP) is 0.558. The lowest BCUT2D eigenvalue weighted by molar-refractivity contribution is -0.119. The van der Waals surface area contributed by atoms with Gasteiger partial charge in [-0.25, -0.2) is 0 Å². The minimum atomic E-state index is 0.215. The summed E-state index contributed by atoms with van der Waals surface area (Å²) in [7, 11) is 0. The van der Waals surface area contributed by atoms with Gasteiger partial charge >= 0.3 is 0 Å². The second-order valence-electron chi connectivity index (χ2n) is 2.03. The van der Waals surface area contributed by atoms with Crippen LogP contribution < -0.4 is 5.32 Å². The number of rotatable bonds is 1. The molecule has 0 aromatic rings. The van der Waals surface area contributed by atoms with Crippen LogP contribution >= 0.6 is 22.6 Å². The van der Waals surface area contributed by atoms with E-state index >= 15 is 0 Å². The summed E-state index contributed by atoms with van der Waals surface area (Å²) in [6.45, 7) is 0.891. The third kappa shape index (κ3) is 1.34. The normalized spacial score (nSPS) is 28.1. The molecule has 0 aromatic heterocycles. The lowest BCUT2D eigenvalue weighted by Crippen LogP contribution is -2.13. The molecule has 1 unspecified atom stereocenters. The number of carbonyl (C=O) groups is 1. The van der Waals surface area contributed by atoms with Crippen molar-refractivity contribution in [3.63, 3.8) is 0 Å². The Labute approximate surface area is 62.2 Å². The molecule has 1 atom stereocenters. The van der Waals surface area contributed by atoms with Crippen LogP contribution in [0, 0.1) is 5.92 Å². The van der Waals surface area contributed by atoms with Crippen molar-refractivity contribution in [1.29, 1.82) is 0 Å². The predicted molar refractivity (Wildman–Crippen MR) is 40.0 cm³/mol. The molecule has 0 aromatic carbocycles. The average molecular weight is 225 g/mol. The Kier molecular flexibility index (Phi) is 2.10. The minimum absolute atomic E-state index is 0.215. The van der Waals surface area contributed by atoms with Crippen molar-refractivity contribution in [3.05, 3.63) is 0 Å². The lowest BCUT2D eigenvalue weighted by atomic mass is 10.2. The maximum absolute atomic E-state index is 10.5. The van der Waals surface area contributed by atoms with Gasteiger partial charge in [0.05, 0.1) is 0 Å². The largest absolute Gasteiger partial charge is 0.356 e. The van der Waals surface area contributed by atoms with Crippen LogP contribution in [0.3, 0.4) is 0 Å². The molecule has 1 N–H and O–H groups in total. The first kappa shape index (κ1) is 6.32. The molecule has 1 aliphatic heterocycles. The smallest absolute Gasteiger partial charge is 0.220 e. The van der Waals surface area contributed by atoms with Gasteiger partial charge in [-0.3, -0.25) is 4.79 Å². The first-order chi connectivity index (χ1) is 3.83. The molecule has 2 nitrogen and oxygen atoms in total. The molecule has 0 radical (unpaired) electrons. The summed E-state index contributed by atoms with van der Waals surface area (Å²) in [5.74, 6) is 0.815. The van der Waals surface area contributed by atoms with Gasteiger partial charge in [0.25, 0.3) is 0 Å². The molecule has 0 saturated carbocycles. The summed E-state index contributed by atoms with van der Waals surface area (Å²) in [6, 6.07) is 0. The molecule has 1 saturated heterocycles. The highest BCUT2D eigenvalue weighted by molar-refractivity contribution is 14.1. The van der Waals surface area contributed by atoms with Crippen LogP contribution in [0.25, 0.3) is 0 Å². The highest BCUT2D eigenvalue weighted by Gasteiger charge is 2.19. The average Bonchev–Trinajstić information content (AvgIpc) is 2.14. The van der Waals surface area contributed by atoms with Crippen molar-refractivity contribution < 1.29 is 4.79 Å². The van der Waals surface area contributed by atoms with E-state index in [4.69, 9.17) is 0 Å². The van der Waals surface area contributed by atoms with Crippen molar-refractivity contribution in [2.45, 2.75) is 6.42 Å². The Hall–Kier alpha value is 0.200. The van der Waals surface area contributed by atoms with Crippen LogP contribution in [0.2, 0.25) is 0 Å². The first-order valence-corrected chi connectivity index (χ1v) is 4.18. The number of carbonyl (C=O) groups excluding carboxylic acids is 1. The molecule has 1 amide bonds. The Morgan fingerprint density at radius 1 is 1.88 bits per heavy atom. The summed E-state index contributed by atoms with van der Waals surface area (Å²) < 4.78 is 1.09. The van der Waals surface area contributed by atoms with E-state index in [-0.39, 0.29) is 5.91 Å². The summed E-state index contributed by atoms with van der Waals surface area (Å²) >= 11 is 2.31. The first-order valence-electron chi connectivity index (χ1n) is 2.65. The molecule has 1 aliphatic rings. The van der Waals surface area contributed by atoms with Crippen molar-refractivity contribution in [2.24, 2.45) is 5.92 Å². The van der Waals surface area contributed by atoms with Gasteiger partial charge in [-0.2, -0.15) is 0 Å². The Morgan fingerprint density at radius 2 is 2.62 bits per heavy atom. The second-order valence-corrected chi connectivity index (χ2v) is 2.91. The third-order valence-corrected chi connectivity index (χ3v) is 2.53. The summed E-state index contributed by atoms with van der Waals surface area (Å²) in [4.78, 5) is 10.5. The zero-order valence-corrected chi connectivity index (χ0v) is 6.64. The molecule has 0 bridgehead atoms. The van der Waals surface area contributed by atoms with Crippen molar-refractivity contribution in [3.8, 4) is 0 Å². The minimum Gasteiger partial charge on any atom is -0.356 e. The fraction of sp³-hybridized carbons (Fsp3) is 0.800. The summed E-state index contributed by atoms with van der Waals surface area (Å²) in [5.41, 5.74) is 0. The van der Waals surface area contributed by atoms with E-state index in [9.17, 15) is 4.79 Å². The van der Waals surface area contributed by atoms with Gasteiger partial charge in [-0.15, -0.1) is 0 Å². The quantitative estimate of drug-likeness (QED) is 0.512. The molecule has 1 fully saturated rings. The Balaban J connectivity index is 2.32. The fourth-order valence-corrected chi connectivity index (χ4v) is 1.40. The maximum atomic E-state index is 10.5. The molecule has 46 valence electrons. The number of hydrogen-bond donors (Lipinski definition) is 1. The van der Waals surface area contributed by atoms with Crippen molar-refractivity contribution in [2.75, 3.05) is 11.0 Å². The van der Waals surface area contributed by atoms with Crippen LogP contribution in [0.4, 0.5) is 0 Å². The van der Waals surface area contributed by atoms with Gasteiger partial charge in [0.2, 0.25) is 5.91 Å². The third-order valence-electron chi connectivity index (χ3n) is 1.28. The maximum Gasteiger partial charge on any atom is 0.220 e. The zero-order chi connectivity index (χ0) is 5.98. The monoisotopic (exact) mass is 225 g/mol. The lowest BCUT2D eigenvalue weighted by Gasteiger charge is -1.95. The van der Waals surface area contributed by atoms with E-state index in [1.165, 1.54) is 0 Å². The van der Waals surface area contributed by atoms with Crippen molar-refractivity contribution >= 4 is 28.5 Å². The highest BCUT2D eigenvalue weighted by atomic mass is 127. The fourth-order valence-electron chi connectivity index (χ4n) is 0.774. The van der Waals surface area contributed by atoms with Gasteiger partial charge in [0, 0.05) is 17.4 Å². The molecule has 8 heavy (non-hydrogen) atoms. The van der Waals surface area contributed by atoms with Crippen LogP contribution in [-0.2, 0) is 4.79 Å². The second kappa shape index (κ2) is 2.66. The van der Waals surface area contributed by atoms with Crippen LogP contribution in [0.5, 0.6) is 0 Å². The van der Waals surface area contributed by atoms with E-state index in [0.717, 1.165) is 17.4 Å². The van der Waals surface area contributed by atoms with E-state index in [1.54, 1.807) is 0 Å². The Morgan fingerprint density at radius 3 is 2.88 bits per heavy atom. The topological polar surface area (TPSA) is 29.1 Å². The molecule has 1 rings (SSSR count). The molecule has 0 spiro atoms. The number of nitrogens with one attached hydrogen (secondary N) is 1. The van der Waals surface area contributed by atoms with E-state index in [2.05, 4.69) is 27.9 Å². The van der Waals surface area contributed by atoms with Gasteiger partial charge in [-0.05, 0) is 5.92 Å². The van der Waals surface area contributed by atoms with Gasteiger partial charge < -0.3 is 5.32 Å². The van der Waals surface area contributed by atoms with Gasteiger partial charge in [-0.1, -0.05) is 22.6 Å². The number of alkyl halides is 1. The molecular formula is C5H8INO. The molecule has 3 heteroatoms. The van der Waals surface area contributed by atoms with E-state index in [1.807, 2.05) is 0 Å². The highest BCUT2D eigenvalue weighted by Crippen LogP contribution is 2.10. The Bertz CT molecular complexity index is 105. The molecule has 0 aliphatic carbocycles. The molecular weight excluding hydrogens is 217 g/mol. The number of hydrogen-bond acceptors (Lipinski definition) is 1. The SMILES string of the molecule is O=C1CC(CI)CN1. The van der Waals surface area contributed by atoms with Crippen LogP contribution in [0.15, 0.2) is 0 Å². The zero-order valence-electron chi connectivity index (χ0n) is 4.48. The summed E-state index contributed by atoms with van der Waals surface area (Å²) in [5, 5.41) is 2.78. The van der Waals surface area contributed by atoms with Crippen LogP contribution in [-0.4, -0.2) is 16.9 Å². The van der Waals surface area contributed by atoms with E-state index in [0.29, 0.717) is 5.92 Å². The number of halogens is 1. The van der Waals surface area contributed by atoms with Gasteiger partial charge in [0.15, 0.2) is 0 Å². The number of amides is 1. The van der Waals surface area contributed by atoms with Gasteiger partial charge in [0.1, 0.15) is 0 Å². The summed E-state index contributed by atoms with van der Waals surface area (Å²) in [6.07, 6.45) is 0.739. The standard InChI is InChI=1S/C5H8INO/c6-2-4-1-5(8)7-3-4/h4H,1-3H2,(H,7,8). The molecule has 1 heterocycles. The van der Waals surface area contributed by atoms with E-state index < -0.39 is 0 Å². The van der Waals surface area contributed by atoms with Crippen LogP contribution in [0.1, 0.15) is 6.42 Å².